The number of rotatable bonds is 5. The summed E-state index contributed by atoms with van der Waals surface area (Å²) >= 11 is 3.49. The lowest BCUT2D eigenvalue weighted by Gasteiger charge is -2.22. The lowest BCUT2D eigenvalue weighted by Crippen LogP contribution is -2.31. The van der Waals surface area contributed by atoms with Crippen molar-refractivity contribution in [2.75, 3.05) is 6.54 Å². The van der Waals surface area contributed by atoms with Gasteiger partial charge in [-0.25, -0.2) is 0 Å². The number of hydrogen-bond donors (Lipinski definition) is 1. The van der Waals surface area contributed by atoms with E-state index in [1.807, 2.05) is 0 Å². The molecule has 0 aromatic carbocycles. The van der Waals surface area contributed by atoms with Gasteiger partial charge in [0.2, 0.25) is 0 Å². The molecule has 7 heteroatoms. The molecule has 0 radical (unpaired) electrons. The van der Waals surface area contributed by atoms with Crippen LogP contribution in [0, 0.1) is 15.5 Å². The van der Waals surface area contributed by atoms with Gasteiger partial charge in [0.05, 0.1) is 6.07 Å². The zero-order valence-electron chi connectivity index (χ0n) is 11.1. The molecule has 1 aromatic heterocycles. The van der Waals surface area contributed by atoms with Crippen LogP contribution in [0.2, 0.25) is 0 Å². The maximum absolute atomic E-state index is 11.7. The lowest BCUT2D eigenvalue weighted by atomic mass is 9.90. The molecule has 1 amide bonds. The molecule has 0 aliphatic carbocycles. The molecule has 1 atom stereocenters. The summed E-state index contributed by atoms with van der Waals surface area (Å²) in [5.41, 5.74) is 0.155. The van der Waals surface area contributed by atoms with E-state index in [0.29, 0.717) is 6.54 Å². The first-order valence-corrected chi connectivity index (χ1v) is 6.77. The summed E-state index contributed by atoms with van der Waals surface area (Å²) in [6, 6.07) is 2.45. The molecule has 0 aliphatic heterocycles. The van der Waals surface area contributed by atoms with Crippen molar-refractivity contribution in [3.63, 3.8) is 0 Å². The average Bonchev–Trinajstić information content (AvgIpc) is 2.72. The Kier molecular flexibility index (Phi) is 5.11. The number of nitro groups is 1. The largest absolute Gasteiger partial charge is 0.433 e. The minimum Gasteiger partial charge on any atom is -0.395 e. The highest BCUT2D eigenvalue weighted by atomic mass is 79.9. The maximum atomic E-state index is 11.7. The van der Waals surface area contributed by atoms with E-state index in [-0.39, 0.29) is 16.0 Å². The van der Waals surface area contributed by atoms with Gasteiger partial charge in [0.1, 0.15) is 4.92 Å². The Morgan fingerprint density at radius 1 is 1.53 bits per heavy atom. The minimum absolute atomic E-state index is 0.0536. The van der Waals surface area contributed by atoms with Crippen molar-refractivity contribution >= 4 is 27.7 Å². The van der Waals surface area contributed by atoms with Crippen LogP contribution >= 0.6 is 15.9 Å². The summed E-state index contributed by atoms with van der Waals surface area (Å²) in [6.07, 6.45) is 0.894. The van der Waals surface area contributed by atoms with Crippen LogP contribution in [0.5, 0.6) is 0 Å². The van der Waals surface area contributed by atoms with Crippen molar-refractivity contribution in [1.82, 2.24) is 5.32 Å². The second kappa shape index (κ2) is 6.18. The molecular formula is C12H17BrN2O4. The number of halogens is 1. The quantitative estimate of drug-likeness (QED) is 0.510. The molecule has 106 valence electrons. The van der Waals surface area contributed by atoms with Gasteiger partial charge in [0.25, 0.3) is 5.91 Å². The number of hydrogen-bond acceptors (Lipinski definition) is 4. The Bertz CT molecular complexity index is 465. The Balaban J connectivity index is 2.49. The summed E-state index contributed by atoms with van der Waals surface area (Å²) in [4.78, 5) is 21.6. The van der Waals surface area contributed by atoms with E-state index in [1.54, 1.807) is 0 Å². The molecular weight excluding hydrogens is 316 g/mol. The van der Waals surface area contributed by atoms with Gasteiger partial charge < -0.3 is 9.73 Å². The van der Waals surface area contributed by atoms with Crippen LogP contribution in [0.3, 0.4) is 0 Å². The summed E-state index contributed by atoms with van der Waals surface area (Å²) < 4.78 is 4.81. The van der Waals surface area contributed by atoms with Crippen LogP contribution in [-0.4, -0.2) is 22.2 Å². The van der Waals surface area contributed by atoms with Gasteiger partial charge in [-0.3, -0.25) is 14.9 Å². The number of furan rings is 1. The van der Waals surface area contributed by atoms with E-state index < -0.39 is 16.7 Å². The van der Waals surface area contributed by atoms with E-state index in [4.69, 9.17) is 4.42 Å². The van der Waals surface area contributed by atoms with Crippen LogP contribution in [-0.2, 0) is 0 Å². The third-order valence-electron chi connectivity index (χ3n) is 2.31. The first-order chi connectivity index (χ1) is 8.69. The van der Waals surface area contributed by atoms with Crippen LogP contribution in [0.4, 0.5) is 5.88 Å². The van der Waals surface area contributed by atoms with Crippen LogP contribution < -0.4 is 5.32 Å². The molecule has 6 nitrogen and oxygen atoms in total. The molecule has 0 aliphatic rings. The van der Waals surface area contributed by atoms with Crippen molar-refractivity contribution in [2.45, 2.75) is 32.0 Å². The van der Waals surface area contributed by atoms with Crippen molar-refractivity contribution in [2.24, 2.45) is 5.41 Å². The van der Waals surface area contributed by atoms with E-state index in [1.165, 1.54) is 6.07 Å². The van der Waals surface area contributed by atoms with Gasteiger partial charge in [-0.2, -0.15) is 0 Å². The van der Waals surface area contributed by atoms with Gasteiger partial charge in [-0.05, 0) is 17.9 Å². The van der Waals surface area contributed by atoms with Crippen molar-refractivity contribution in [3.8, 4) is 0 Å². The monoisotopic (exact) mass is 332 g/mol. The molecule has 0 fully saturated rings. The SMILES string of the molecule is CC(C)(C)CC(Br)CNC(=O)c1ccc([N+](=O)[O-])o1. The Morgan fingerprint density at radius 2 is 2.16 bits per heavy atom. The molecule has 1 N–H and O–H groups in total. The second-order valence-electron chi connectivity index (χ2n) is 5.47. The maximum Gasteiger partial charge on any atom is 0.433 e. The smallest absolute Gasteiger partial charge is 0.395 e. The fourth-order valence-electron chi connectivity index (χ4n) is 1.58. The van der Waals surface area contributed by atoms with Crippen molar-refractivity contribution < 1.29 is 14.1 Å². The van der Waals surface area contributed by atoms with Gasteiger partial charge in [-0.15, -0.1) is 0 Å². The van der Waals surface area contributed by atoms with E-state index >= 15 is 0 Å². The third kappa shape index (κ3) is 5.42. The topological polar surface area (TPSA) is 85.4 Å². The summed E-state index contributed by atoms with van der Waals surface area (Å²) in [6.45, 7) is 6.77. The van der Waals surface area contributed by atoms with Crippen LogP contribution in [0.1, 0.15) is 37.7 Å². The second-order valence-corrected chi connectivity index (χ2v) is 6.76. The zero-order valence-corrected chi connectivity index (χ0v) is 12.7. The molecule has 19 heavy (non-hydrogen) atoms. The summed E-state index contributed by atoms with van der Waals surface area (Å²) in [5.74, 6) is -0.941. The summed E-state index contributed by atoms with van der Waals surface area (Å²) in [7, 11) is 0. The molecule has 0 saturated carbocycles. The normalized spacial score (nSPS) is 13.1. The van der Waals surface area contributed by atoms with Gasteiger partial charge in [-0.1, -0.05) is 36.7 Å². The Hall–Kier alpha value is -1.37. The number of alkyl halides is 1. The average molecular weight is 333 g/mol. The Morgan fingerprint density at radius 3 is 2.63 bits per heavy atom. The number of amides is 1. The zero-order chi connectivity index (χ0) is 14.6. The van der Waals surface area contributed by atoms with Gasteiger partial charge >= 0.3 is 5.88 Å². The molecule has 1 unspecified atom stereocenters. The van der Waals surface area contributed by atoms with E-state index in [2.05, 4.69) is 42.0 Å². The lowest BCUT2D eigenvalue weighted by molar-refractivity contribution is -0.402. The first-order valence-electron chi connectivity index (χ1n) is 5.85. The van der Waals surface area contributed by atoms with Gasteiger partial charge in [0, 0.05) is 11.4 Å². The highest BCUT2D eigenvalue weighted by molar-refractivity contribution is 9.09. The number of nitrogens with zero attached hydrogens (tertiary/aromatic N) is 1. The molecule has 0 bridgehead atoms. The van der Waals surface area contributed by atoms with Crippen LogP contribution in [0.15, 0.2) is 16.5 Å². The number of carbonyl (C=O) groups is 1. The first kappa shape index (κ1) is 15.7. The number of nitrogens with one attached hydrogen (secondary N) is 1. The molecule has 1 rings (SSSR count). The molecule has 0 spiro atoms. The van der Waals surface area contributed by atoms with E-state index in [9.17, 15) is 14.9 Å². The van der Waals surface area contributed by atoms with Gasteiger partial charge in [0.15, 0.2) is 5.76 Å². The molecule has 1 aromatic rings. The van der Waals surface area contributed by atoms with E-state index in [0.717, 1.165) is 12.5 Å². The highest BCUT2D eigenvalue weighted by Crippen LogP contribution is 2.24. The van der Waals surface area contributed by atoms with Crippen molar-refractivity contribution in [1.29, 1.82) is 0 Å². The Labute approximate surface area is 119 Å². The van der Waals surface area contributed by atoms with Crippen molar-refractivity contribution in [3.05, 3.63) is 28.0 Å². The highest BCUT2D eigenvalue weighted by Gasteiger charge is 2.20. The molecule has 1 heterocycles. The number of carbonyl (C=O) groups excluding carboxylic acids is 1. The predicted octanol–water partition coefficient (Wildman–Crippen LogP) is 3.12. The fourth-order valence-corrected chi connectivity index (χ4v) is 2.71. The standard InChI is InChI=1S/C12H17BrN2O4/c1-12(2,3)6-8(13)7-14-11(16)9-4-5-10(19-9)15(17)18/h4-5,8H,6-7H2,1-3H3,(H,14,16). The predicted molar refractivity (Wildman–Crippen MR) is 74.5 cm³/mol. The summed E-state index contributed by atoms with van der Waals surface area (Å²) in [5, 5.41) is 13.1. The van der Waals surface area contributed by atoms with Crippen LogP contribution in [0.25, 0.3) is 0 Å². The molecule has 0 saturated heterocycles. The fraction of sp³-hybridized carbons (Fsp3) is 0.583. The third-order valence-corrected chi connectivity index (χ3v) is 2.96. The minimum atomic E-state index is -0.677.